The van der Waals surface area contributed by atoms with Crippen molar-refractivity contribution in [3.8, 4) is 33.4 Å². The quantitative estimate of drug-likeness (QED) is 0.0867. The van der Waals surface area contributed by atoms with Crippen molar-refractivity contribution < 1.29 is 0 Å². The van der Waals surface area contributed by atoms with Crippen LogP contribution in [0.25, 0.3) is 61.0 Å². The van der Waals surface area contributed by atoms with Gasteiger partial charge in [0.1, 0.15) is 0 Å². The van der Waals surface area contributed by atoms with Gasteiger partial charge in [-0.15, -0.1) is 0 Å². The third kappa shape index (κ3) is 7.28. The maximum absolute atomic E-state index is 4.71. The maximum atomic E-state index is 4.71. The van der Waals surface area contributed by atoms with Gasteiger partial charge in [0.15, 0.2) is 0 Å². The SMILES string of the molecule is C=C(/C=C(/c1ccccc1-c1ccccc1)c1[nH]c2ccccc2c1C)c1ccc(-c2cccc(N(c3ccc4c(c3)C(C)(C)C3=C4C=CC(C)C3)c3ccc4c(c3)C(C)(I)c3ccccc3-4)c2)cc1. The summed E-state index contributed by atoms with van der Waals surface area (Å²) in [7, 11) is 0. The van der Waals surface area contributed by atoms with Gasteiger partial charge in [-0.3, -0.25) is 0 Å². The number of para-hydroxylation sites is 1. The molecule has 3 aliphatic carbocycles. The van der Waals surface area contributed by atoms with Gasteiger partial charge < -0.3 is 9.88 Å². The number of fused-ring (bicyclic) bond motifs is 6. The predicted octanol–water partition coefficient (Wildman–Crippen LogP) is 18.7. The second kappa shape index (κ2) is 17.0. The zero-order valence-corrected chi connectivity index (χ0v) is 42.6. The van der Waals surface area contributed by atoms with E-state index in [1.165, 1.54) is 66.7 Å². The van der Waals surface area contributed by atoms with Crippen LogP contribution >= 0.6 is 22.6 Å². The van der Waals surface area contributed by atoms with Crippen LogP contribution in [0.5, 0.6) is 0 Å². The van der Waals surface area contributed by atoms with E-state index < -0.39 is 0 Å². The summed E-state index contributed by atoms with van der Waals surface area (Å²) in [5.74, 6) is 0.544. The molecule has 1 heterocycles. The van der Waals surface area contributed by atoms with Crippen molar-refractivity contribution in [2.75, 3.05) is 4.90 Å². The number of benzene rings is 8. The highest BCUT2D eigenvalue weighted by Crippen LogP contribution is 2.56. The fourth-order valence-electron chi connectivity index (χ4n) is 11.7. The van der Waals surface area contributed by atoms with Gasteiger partial charge >= 0.3 is 0 Å². The topological polar surface area (TPSA) is 19.0 Å². The molecule has 0 amide bonds. The van der Waals surface area contributed by atoms with Crippen molar-refractivity contribution >= 4 is 67.3 Å². The number of aryl methyl sites for hydroxylation is 1. The highest BCUT2D eigenvalue weighted by atomic mass is 127. The van der Waals surface area contributed by atoms with Gasteiger partial charge in [0.2, 0.25) is 0 Å². The molecular weight excluding hydrogens is 960 g/mol. The summed E-state index contributed by atoms with van der Waals surface area (Å²) >= 11 is 2.67. The lowest BCUT2D eigenvalue weighted by Crippen LogP contribution is -2.20. The summed E-state index contributed by atoms with van der Waals surface area (Å²) in [6.07, 6.45) is 8.13. The van der Waals surface area contributed by atoms with Crippen molar-refractivity contribution in [3.63, 3.8) is 0 Å². The van der Waals surface area contributed by atoms with E-state index in [4.69, 9.17) is 6.58 Å². The zero-order chi connectivity index (χ0) is 47.9. The number of aromatic nitrogens is 1. The van der Waals surface area contributed by atoms with Crippen LogP contribution in [-0.2, 0) is 8.84 Å². The molecule has 340 valence electrons. The lowest BCUT2D eigenvalue weighted by molar-refractivity contribution is 0.566. The standard InChI is InChI=1S/C67H55IN2/c1-42-27-34-56-57-35-32-50(40-62(57)66(4,5)61(56)37-42)70(51-33-36-58-55-24-12-14-25-60(55)67(6,68)63(58)41-51)49-20-16-19-48(39-49)46-30-28-45(29-31-46)43(2)38-59(65-44(3)52-21-13-15-26-64(52)69-65)54-23-11-10-22-53(54)47-17-8-7-9-18-47/h7-36,38-42,69H,2,37H2,1,3-6H3/b59-38-. The molecule has 70 heavy (non-hydrogen) atoms. The van der Waals surface area contributed by atoms with Gasteiger partial charge in [0.05, 0.1) is 9.12 Å². The first-order chi connectivity index (χ1) is 34.0. The Labute approximate surface area is 426 Å². The van der Waals surface area contributed by atoms with Gasteiger partial charge in [-0.25, -0.2) is 0 Å². The molecule has 1 aromatic heterocycles. The first-order valence-corrected chi connectivity index (χ1v) is 25.7. The number of nitrogens with zero attached hydrogens (tertiary/aromatic N) is 1. The van der Waals surface area contributed by atoms with Crippen molar-refractivity contribution in [1.29, 1.82) is 0 Å². The molecule has 9 aromatic rings. The molecule has 0 spiro atoms. The van der Waals surface area contributed by atoms with E-state index in [1.54, 1.807) is 5.57 Å². The third-order valence-electron chi connectivity index (χ3n) is 15.5. The van der Waals surface area contributed by atoms with Crippen LogP contribution in [0.2, 0.25) is 0 Å². The molecule has 2 unspecified atom stereocenters. The van der Waals surface area contributed by atoms with E-state index in [0.717, 1.165) is 62.4 Å². The normalized spacial score (nSPS) is 17.6. The minimum atomic E-state index is -0.152. The van der Waals surface area contributed by atoms with E-state index in [2.05, 4.69) is 273 Å². The highest BCUT2D eigenvalue weighted by molar-refractivity contribution is 14.1. The van der Waals surface area contributed by atoms with E-state index in [-0.39, 0.29) is 8.84 Å². The van der Waals surface area contributed by atoms with Crippen molar-refractivity contribution in [1.82, 2.24) is 4.98 Å². The molecule has 12 rings (SSSR count). The van der Waals surface area contributed by atoms with E-state index >= 15 is 0 Å². The highest BCUT2D eigenvalue weighted by Gasteiger charge is 2.40. The van der Waals surface area contributed by atoms with E-state index in [9.17, 15) is 0 Å². The van der Waals surface area contributed by atoms with Crippen LogP contribution in [0.15, 0.2) is 218 Å². The number of alkyl halides is 1. The molecule has 2 nitrogen and oxygen atoms in total. The van der Waals surface area contributed by atoms with Crippen molar-refractivity contribution in [2.45, 2.75) is 49.9 Å². The molecular formula is C67H55IN2. The van der Waals surface area contributed by atoms with E-state index in [0.29, 0.717) is 5.92 Å². The largest absolute Gasteiger partial charge is 0.354 e. The summed E-state index contributed by atoms with van der Waals surface area (Å²) < 4.78 is -0.152. The Bertz CT molecular complexity index is 3670. The number of H-pyrrole nitrogens is 1. The van der Waals surface area contributed by atoms with E-state index in [1.807, 2.05) is 0 Å². The van der Waals surface area contributed by atoms with Gasteiger partial charge in [-0.1, -0.05) is 213 Å². The second-order valence-electron chi connectivity index (χ2n) is 20.2. The lowest BCUT2D eigenvalue weighted by atomic mass is 9.76. The predicted molar refractivity (Wildman–Crippen MR) is 306 cm³/mol. The van der Waals surface area contributed by atoms with Gasteiger partial charge in [0.25, 0.3) is 0 Å². The monoisotopic (exact) mass is 1010 g/mol. The zero-order valence-electron chi connectivity index (χ0n) is 40.4. The second-order valence-corrected chi connectivity index (χ2v) is 22.4. The number of nitrogens with one attached hydrogen (secondary N) is 1. The summed E-state index contributed by atoms with van der Waals surface area (Å²) in [6.45, 7) is 16.5. The van der Waals surface area contributed by atoms with Crippen molar-refractivity contribution in [3.05, 3.63) is 263 Å². The smallest absolute Gasteiger partial charge is 0.0703 e. The van der Waals surface area contributed by atoms with Crippen LogP contribution in [0.4, 0.5) is 17.1 Å². The summed E-state index contributed by atoms with van der Waals surface area (Å²) in [5, 5.41) is 1.23. The molecule has 0 bridgehead atoms. The molecule has 3 aliphatic rings. The van der Waals surface area contributed by atoms with Crippen LogP contribution < -0.4 is 4.90 Å². The Morgan fingerprint density at radius 2 is 1.26 bits per heavy atom. The summed E-state index contributed by atoms with van der Waals surface area (Å²) in [6, 6.07) is 69.2. The Balaban J connectivity index is 0.931. The Morgan fingerprint density at radius 1 is 0.614 bits per heavy atom. The van der Waals surface area contributed by atoms with Crippen LogP contribution in [0.3, 0.4) is 0 Å². The summed E-state index contributed by atoms with van der Waals surface area (Å²) in [5.41, 5.74) is 26.9. The van der Waals surface area contributed by atoms with Gasteiger partial charge in [-0.05, 0) is 158 Å². The number of anilines is 3. The minimum absolute atomic E-state index is 0.0606. The number of rotatable bonds is 9. The third-order valence-corrected chi connectivity index (χ3v) is 16.6. The Kier molecular flexibility index (Phi) is 10.7. The number of aromatic amines is 1. The fourth-order valence-corrected chi connectivity index (χ4v) is 12.6. The first-order valence-electron chi connectivity index (χ1n) is 24.6. The van der Waals surface area contributed by atoms with Crippen LogP contribution in [0, 0.1) is 12.8 Å². The number of halogens is 1. The first kappa shape index (κ1) is 44.0. The molecule has 3 heteroatoms. The Hall–Kier alpha value is -7.21. The number of hydrogen-bond acceptors (Lipinski definition) is 1. The Morgan fingerprint density at radius 3 is 2.04 bits per heavy atom. The minimum Gasteiger partial charge on any atom is -0.354 e. The maximum Gasteiger partial charge on any atom is 0.0703 e. The van der Waals surface area contributed by atoms with Crippen LogP contribution in [-0.4, -0.2) is 4.98 Å². The molecule has 0 aliphatic heterocycles. The van der Waals surface area contributed by atoms with Crippen molar-refractivity contribution in [2.24, 2.45) is 5.92 Å². The van der Waals surface area contributed by atoms with Gasteiger partial charge in [-0.2, -0.15) is 0 Å². The molecule has 8 aromatic carbocycles. The van der Waals surface area contributed by atoms with Gasteiger partial charge in [0, 0.05) is 39.0 Å². The molecule has 0 saturated carbocycles. The molecule has 2 atom stereocenters. The average molecular weight is 1020 g/mol. The molecule has 1 N–H and O–H groups in total. The van der Waals surface area contributed by atoms with Crippen LogP contribution in [0.1, 0.15) is 78.8 Å². The fraction of sp³-hybridized carbons (Fsp3) is 0.134. The molecule has 0 radical (unpaired) electrons. The average Bonchev–Trinajstić information content (AvgIpc) is 3.93. The molecule has 0 fully saturated rings. The summed E-state index contributed by atoms with van der Waals surface area (Å²) in [4.78, 5) is 6.28. The lowest BCUT2D eigenvalue weighted by Gasteiger charge is -2.31. The molecule has 0 saturated heterocycles. The number of hydrogen-bond donors (Lipinski definition) is 1. The number of allylic oxidation sites excluding steroid dienone is 6.